The van der Waals surface area contributed by atoms with Crippen molar-refractivity contribution < 1.29 is 27.6 Å². The van der Waals surface area contributed by atoms with E-state index in [-0.39, 0.29) is 29.4 Å². The van der Waals surface area contributed by atoms with Gasteiger partial charge in [0, 0.05) is 11.8 Å². The molecule has 0 saturated carbocycles. The van der Waals surface area contributed by atoms with E-state index in [4.69, 9.17) is 4.74 Å². The number of nitro benzene ring substituents is 1. The van der Waals surface area contributed by atoms with Crippen LogP contribution in [-0.2, 0) is 17.5 Å². The van der Waals surface area contributed by atoms with Crippen molar-refractivity contribution >= 4 is 17.3 Å². The highest BCUT2D eigenvalue weighted by atomic mass is 19.4. The molecule has 0 aliphatic heterocycles. The lowest BCUT2D eigenvalue weighted by molar-refractivity contribution is -0.384. The molecule has 0 radical (unpaired) electrons. The standard InChI is InChI=1S/C16H17F3N4O4/c1-9(8-22-10(2)6-14(21-22)16(17,18)19)15(24)20-12-5-4-11(23(25)26)7-13(12)27-3/h4-7,9H,8H2,1-3H3,(H,20,24). The van der Waals surface area contributed by atoms with Crippen LogP contribution >= 0.6 is 0 Å². The number of aryl methyl sites for hydroxylation is 1. The van der Waals surface area contributed by atoms with Gasteiger partial charge in [0.2, 0.25) is 5.91 Å². The van der Waals surface area contributed by atoms with Gasteiger partial charge in [-0.15, -0.1) is 0 Å². The number of anilines is 1. The summed E-state index contributed by atoms with van der Waals surface area (Å²) >= 11 is 0. The first-order valence-corrected chi connectivity index (χ1v) is 7.78. The van der Waals surface area contributed by atoms with Crippen LogP contribution in [-0.4, -0.2) is 27.7 Å². The molecule has 8 nitrogen and oxygen atoms in total. The molecule has 1 heterocycles. The molecule has 0 spiro atoms. The molecule has 2 aromatic rings. The quantitative estimate of drug-likeness (QED) is 0.606. The number of aromatic nitrogens is 2. The summed E-state index contributed by atoms with van der Waals surface area (Å²) in [4.78, 5) is 22.5. The predicted octanol–water partition coefficient (Wildman–Crippen LogP) is 3.40. The molecule has 0 fully saturated rings. The lowest BCUT2D eigenvalue weighted by atomic mass is 10.1. The molecule has 1 atom stereocenters. The molecule has 0 saturated heterocycles. The zero-order valence-corrected chi connectivity index (χ0v) is 14.7. The van der Waals surface area contributed by atoms with Gasteiger partial charge < -0.3 is 10.1 Å². The number of carbonyl (C=O) groups is 1. The van der Waals surface area contributed by atoms with Gasteiger partial charge in [0.25, 0.3) is 5.69 Å². The Hall–Kier alpha value is -3.11. The van der Waals surface area contributed by atoms with Crippen LogP contribution in [0.25, 0.3) is 0 Å². The molecule has 1 amide bonds. The first kappa shape index (κ1) is 20.2. The Balaban J connectivity index is 2.13. The van der Waals surface area contributed by atoms with Crippen molar-refractivity contribution in [3.8, 4) is 5.75 Å². The third kappa shape index (κ3) is 4.74. The fourth-order valence-electron chi connectivity index (χ4n) is 2.33. The largest absolute Gasteiger partial charge is 0.494 e. The summed E-state index contributed by atoms with van der Waals surface area (Å²) in [6.07, 6.45) is -4.56. The average molecular weight is 386 g/mol. The van der Waals surface area contributed by atoms with Crippen LogP contribution in [0.1, 0.15) is 18.3 Å². The van der Waals surface area contributed by atoms with Crippen LogP contribution in [0.2, 0.25) is 0 Å². The van der Waals surface area contributed by atoms with E-state index in [0.717, 1.165) is 16.8 Å². The number of benzene rings is 1. The van der Waals surface area contributed by atoms with Crippen molar-refractivity contribution in [1.82, 2.24) is 9.78 Å². The van der Waals surface area contributed by atoms with Crippen molar-refractivity contribution in [2.24, 2.45) is 5.92 Å². The molecular weight excluding hydrogens is 369 g/mol. The van der Waals surface area contributed by atoms with Gasteiger partial charge in [0.05, 0.1) is 36.2 Å². The number of hydrogen-bond acceptors (Lipinski definition) is 5. The predicted molar refractivity (Wildman–Crippen MR) is 89.4 cm³/mol. The number of methoxy groups -OCH3 is 1. The smallest absolute Gasteiger partial charge is 0.435 e. The number of halogens is 3. The van der Waals surface area contributed by atoms with E-state index in [1.807, 2.05) is 0 Å². The van der Waals surface area contributed by atoms with Crippen molar-refractivity contribution in [2.75, 3.05) is 12.4 Å². The van der Waals surface area contributed by atoms with Gasteiger partial charge in [0.1, 0.15) is 5.75 Å². The maximum absolute atomic E-state index is 12.7. The lowest BCUT2D eigenvalue weighted by Gasteiger charge is -2.15. The van der Waals surface area contributed by atoms with E-state index in [9.17, 15) is 28.1 Å². The number of nitrogens with zero attached hydrogens (tertiary/aromatic N) is 3. The minimum atomic E-state index is -4.56. The van der Waals surface area contributed by atoms with Crippen LogP contribution in [0.4, 0.5) is 24.5 Å². The van der Waals surface area contributed by atoms with Crippen molar-refractivity contribution in [3.05, 3.63) is 45.8 Å². The number of nitrogens with one attached hydrogen (secondary N) is 1. The summed E-state index contributed by atoms with van der Waals surface area (Å²) in [5, 5.41) is 16.8. The summed E-state index contributed by atoms with van der Waals surface area (Å²) in [5.41, 5.74) is -0.739. The number of alkyl halides is 3. The van der Waals surface area contributed by atoms with E-state index < -0.39 is 28.6 Å². The molecule has 146 valence electrons. The minimum absolute atomic E-state index is 0.0664. The van der Waals surface area contributed by atoms with E-state index in [2.05, 4.69) is 10.4 Å². The second kappa shape index (κ2) is 7.64. The molecule has 1 aromatic carbocycles. The van der Waals surface area contributed by atoms with E-state index >= 15 is 0 Å². The average Bonchev–Trinajstić information content (AvgIpc) is 2.95. The molecule has 1 unspecified atom stereocenters. The summed E-state index contributed by atoms with van der Waals surface area (Å²) in [6, 6.07) is 4.59. The Morgan fingerprint density at radius 2 is 2.07 bits per heavy atom. The lowest BCUT2D eigenvalue weighted by Crippen LogP contribution is -2.25. The van der Waals surface area contributed by atoms with Crippen LogP contribution in [0, 0.1) is 23.0 Å². The molecule has 0 bridgehead atoms. The summed E-state index contributed by atoms with van der Waals surface area (Å²) in [7, 11) is 1.30. The van der Waals surface area contributed by atoms with Crippen LogP contribution in [0.5, 0.6) is 5.75 Å². The van der Waals surface area contributed by atoms with Gasteiger partial charge >= 0.3 is 6.18 Å². The van der Waals surface area contributed by atoms with Crippen LogP contribution in [0.3, 0.4) is 0 Å². The molecule has 1 aromatic heterocycles. The van der Waals surface area contributed by atoms with E-state index in [1.165, 1.54) is 33.1 Å². The molecule has 2 rings (SSSR count). The fraction of sp³-hybridized carbons (Fsp3) is 0.375. The molecule has 11 heteroatoms. The maximum atomic E-state index is 12.7. The zero-order chi connectivity index (χ0) is 20.4. The number of non-ortho nitro benzene ring substituents is 1. The zero-order valence-electron chi connectivity index (χ0n) is 14.7. The first-order chi connectivity index (χ1) is 12.5. The molecular formula is C16H17F3N4O4. The Kier molecular flexibility index (Phi) is 5.72. The van der Waals surface area contributed by atoms with Gasteiger partial charge in [-0.05, 0) is 19.1 Å². The Morgan fingerprint density at radius 1 is 1.41 bits per heavy atom. The monoisotopic (exact) mass is 386 g/mol. The minimum Gasteiger partial charge on any atom is -0.494 e. The summed E-state index contributed by atoms with van der Waals surface area (Å²) in [6.45, 7) is 2.93. The van der Waals surface area contributed by atoms with Gasteiger partial charge in [0.15, 0.2) is 5.69 Å². The second-order valence-corrected chi connectivity index (χ2v) is 5.88. The van der Waals surface area contributed by atoms with Gasteiger partial charge in [-0.1, -0.05) is 6.92 Å². The van der Waals surface area contributed by atoms with Crippen molar-refractivity contribution in [1.29, 1.82) is 0 Å². The number of hydrogen-bond donors (Lipinski definition) is 1. The number of ether oxygens (including phenoxy) is 1. The van der Waals surface area contributed by atoms with E-state index in [1.54, 1.807) is 0 Å². The third-order valence-corrected chi connectivity index (χ3v) is 3.82. The SMILES string of the molecule is COc1cc([N+](=O)[O-])ccc1NC(=O)C(C)Cn1nc(C(F)(F)F)cc1C. The number of amides is 1. The molecule has 1 N–H and O–H groups in total. The van der Waals surface area contributed by atoms with Gasteiger partial charge in [-0.2, -0.15) is 18.3 Å². The number of nitro groups is 1. The van der Waals surface area contributed by atoms with Gasteiger partial charge in [-0.3, -0.25) is 19.6 Å². The number of rotatable bonds is 6. The highest BCUT2D eigenvalue weighted by molar-refractivity contribution is 5.93. The first-order valence-electron chi connectivity index (χ1n) is 7.78. The van der Waals surface area contributed by atoms with Gasteiger partial charge in [-0.25, -0.2) is 0 Å². The molecule has 0 aliphatic carbocycles. The Morgan fingerprint density at radius 3 is 2.59 bits per heavy atom. The normalized spacial score (nSPS) is 12.5. The fourth-order valence-corrected chi connectivity index (χ4v) is 2.33. The molecule has 0 aliphatic rings. The Labute approximate surface area is 152 Å². The Bertz CT molecular complexity index is 864. The van der Waals surface area contributed by atoms with E-state index in [0.29, 0.717) is 0 Å². The third-order valence-electron chi connectivity index (χ3n) is 3.82. The maximum Gasteiger partial charge on any atom is 0.435 e. The second-order valence-electron chi connectivity index (χ2n) is 5.88. The van der Waals surface area contributed by atoms with Crippen molar-refractivity contribution in [2.45, 2.75) is 26.6 Å². The van der Waals surface area contributed by atoms with Crippen LogP contribution in [0.15, 0.2) is 24.3 Å². The summed E-state index contributed by atoms with van der Waals surface area (Å²) in [5.74, 6) is -1.12. The van der Waals surface area contributed by atoms with Crippen molar-refractivity contribution in [3.63, 3.8) is 0 Å². The highest BCUT2D eigenvalue weighted by Gasteiger charge is 2.34. The highest BCUT2D eigenvalue weighted by Crippen LogP contribution is 2.30. The summed E-state index contributed by atoms with van der Waals surface area (Å²) < 4.78 is 44.3. The van der Waals surface area contributed by atoms with Crippen LogP contribution < -0.4 is 10.1 Å². The molecule has 27 heavy (non-hydrogen) atoms. The topological polar surface area (TPSA) is 99.3 Å². The number of carbonyl (C=O) groups excluding carboxylic acids is 1.